The number of rotatable bonds is 9. The van der Waals surface area contributed by atoms with E-state index in [4.69, 9.17) is 4.74 Å². The molecule has 1 heterocycles. The Labute approximate surface area is 169 Å². The van der Waals surface area contributed by atoms with Crippen LogP contribution in [0.4, 0.5) is 0 Å². The standard InChI is InChI=1S/C21H24N4O2S/c1-16-8-10-19(11-9-16)27-13-12-22-20(26)15-28-21-24-23-17(2)25(21)14-18-6-4-3-5-7-18/h3-11H,12-15H2,1-2H3,(H,22,26). The maximum Gasteiger partial charge on any atom is 0.230 e. The summed E-state index contributed by atoms with van der Waals surface area (Å²) in [5.41, 5.74) is 2.36. The Morgan fingerprint density at radius 2 is 1.82 bits per heavy atom. The largest absolute Gasteiger partial charge is 0.492 e. The van der Waals surface area contributed by atoms with Crippen molar-refractivity contribution in [2.24, 2.45) is 0 Å². The quantitative estimate of drug-likeness (QED) is 0.444. The van der Waals surface area contributed by atoms with E-state index < -0.39 is 0 Å². The Kier molecular flexibility index (Phi) is 7.08. The Bertz CT molecular complexity index is 895. The lowest BCUT2D eigenvalue weighted by molar-refractivity contribution is -0.118. The normalized spacial score (nSPS) is 10.6. The van der Waals surface area contributed by atoms with Gasteiger partial charge in [0.25, 0.3) is 0 Å². The summed E-state index contributed by atoms with van der Waals surface area (Å²) in [5.74, 6) is 1.87. The molecule has 0 aliphatic carbocycles. The average Bonchev–Trinajstić information content (AvgIpc) is 3.05. The third kappa shape index (κ3) is 5.85. The molecule has 0 bridgehead atoms. The molecule has 0 spiro atoms. The molecule has 0 aliphatic heterocycles. The van der Waals surface area contributed by atoms with Crippen molar-refractivity contribution in [1.82, 2.24) is 20.1 Å². The Morgan fingerprint density at radius 1 is 1.07 bits per heavy atom. The van der Waals surface area contributed by atoms with Crippen molar-refractivity contribution >= 4 is 17.7 Å². The van der Waals surface area contributed by atoms with Gasteiger partial charge in [0.2, 0.25) is 5.91 Å². The highest BCUT2D eigenvalue weighted by Gasteiger charge is 2.12. The van der Waals surface area contributed by atoms with Gasteiger partial charge in [-0.2, -0.15) is 0 Å². The van der Waals surface area contributed by atoms with Crippen LogP contribution in [0.15, 0.2) is 59.8 Å². The molecule has 2 aromatic carbocycles. The van der Waals surface area contributed by atoms with Crippen molar-refractivity contribution < 1.29 is 9.53 Å². The van der Waals surface area contributed by atoms with Gasteiger partial charge >= 0.3 is 0 Å². The number of carbonyl (C=O) groups is 1. The number of amides is 1. The van der Waals surface area contributed by atoms with Crippen LogP contribution in [0.5, 0.6) is 5.75 Å². The van der Waals surface area contributed by atoms with Crippen LogP contribution in [0.1, 0.15) is 17.0 Å². The number of ether oxygens (including phenoxy) is 1. The van der Waals surface area contributed by atoms with E-state index >= 15 is 0 Å². The molecule has 1 aromatic heterocycles. The SMILES string of the molecule is Cc1ccc(OCCNC(=O)CSc2nnc(C)n2Cc2ccccc2)cc1. The van der Waals surface area contributed by atoms with Gasteiger partial charge in [-0.15, -0.1) is 10.2 Å². The van der Waals surface area contributed by atoms with Gasteiger partial charge in [-0.1, -0.05) is 59.8 Å². The van der Waals surface area contributed by atoms with E-state index in [1.165, 1.54) is 22.9 Å². The molecule has 6 nitrogen and oxygen atoms in total. The number of benzene rings is 2. The molecule has 0 unspecified atom stereocenters. The smallest absolute Gasteiger partial charge is 0.230 e. The van der Waals surface area contributed by atoms with Crippen LogP contribution < -0.4 is 10.1 Å². The Balaban J connectivity index is 1.42. The number of hydrogen-bond donors (Lipinski definition) is 1. The van der Waals surface area contributed by atoms with Crippen molar-refractivity contribution in [2.75, 3.05) is 18.9 Å². The molecule has 7 heteroatoms. The maximum absolute atomic E-state index is 12.1. The maximum atomic E-state index is 12.1. The van der Waals surface area contributed by atoms with Crippen LogP contribution in [0.25, 0.3) is 0 Å². The van der Waals surface area contributed by atoms with Gasteiger partial charge in [0.15, 0.2) is 5.16 Å². The van der Waals surface area contributed by atoms with E-state index in [1.54, 1.807) is 0 Å². The molecule has 0 atom stereocenters. The van der Waals surface area contributed by atoms with E-state index in [9.17, 15) is 4.79 Å². The molecule has 1 N–H and O–H groups in total. The summed E-state index contributed by atoms with van der Waals surface area (Å²) < 4.78 is 7.64. The second-order valence-electron chi connectivity index (χ2n) is 6.40. The predicted octanol–water partition coefficient (Wildman–Crippen LogP) is 3.23. The van der Waals surface area contributed by atoms with Gasteiger partial charge in [-0.05, 0) is 31.5 Å². The number of aryl methyl sites for hydroxylation is 2. The molecule has 0 fully saturated rings. The second-order valence-corrected chi connectivity index (χ2v) is 7.34. The van der Waals surface area contributed by atoms with E-state index in [0.717, 1.165) is 16.7 Å². The second kappa shape index (κ2) is 9.94. The third-order valence-corrected chi connectivity index (χ3v) is 5.10. The third-order valence-electron chi connectivity index (χ3n) is 4.13. The fourth-order valence-electron chi connectivity index (χ4n) is 2.59. The molecule has 28 heavy (non-hydrogen) atoms. The van der Waals surface area contributed by atoms with E-state index in [0.29, 0.717) is 19.7 Å². The molecule has 3 aromatic rings. The van der Waals surface area contributed by atoms with Gasteiger partial charge in [-0.3, -0.25) is 4.79 Å². The molecule has 0 saturated heterocycles. The first-order valence-corrected chi connectivity index (χ1v) is 10.1. The minimum absolute atomic E-state index is 0.0515. The van der Waals surface area contributed by atoms with Gasteiger partial charge < -0.3 is 14.6 Å². The summed E-state index contributed by atoms with van der Waals surface area (Å²) in [6.45, 7) is 5.53. The zero-order valence-electron chi connectivity index (χ0n) is 16.1. The summed E-state index contributed by atoms with van der Waals surface area (Å²) in [7, 11) is 0. The van der Waals surface area contributed by atoms with E-state index in [2.05, 4.69) is 27.6 Å². The van der Waals surface area contributed by atoms with Crippen molar-refractivity contribution in [1.29, 1.82) is 0 Å². The first-order chi connectivity index (χ1) is 13.6. The highest BCUT2D eigenvalue weighted by atomic mass is 32.2. The fraction of sp³-hybridized carbons (Fsp3) is 0.286. The van der Waals surface area contributed by atoms with Crippen LogP contribution in [0.3, 0.4) is 0 Å². The molecular weight excluding hydrogens is 372 g/mol. The first-order valence-electron chi connectivity index (χ1n) is 9.14. The number of nitrogens with zero attached hydrogens (tertiary/aromatic N) is 3. The van der Waals surface area contributed by atoms with E-state index in [1.807, 2.05) is 60.9 Å². The van der Waals surface area contributed by atoms with Crippen LogP contribution >= 0.6 is 11.8 Å². The highest BCUT2D eigenvalue weighted by molar-refractivity contribution is 7.99. The molecule has 146 valence electrons. The highest BCUT2D eigenvalue weighted by Crippen LogP contribution is 2.18. The Hall–Kier alpha value is -2.80. The summed E-state index contributed by atoms with van der Waals surface area (Å²) in [4.78, 5) is 12.1. The molecular formula is C21H24N4O2S. The monoisotopic (exact) mass is 396 g/mol. The zero-order valence-corrected chi connectivity index (χ0v) is 16.9. The number of nitrogens with one attached hydrogen (secondary N) is 1. The first kappa shape index (κ1) is 19.9. The summed E-state index contributed by atoms with van der Waals surface area (Å²) in [6.07, 6.45) is 0. The summed E-state index contributed by atoms with van der Waals surface area (Å²) in [5, 5.41) is 12.0. The lowest BCUT2D eigenvalue weighted by atomic mass is 10.2. The van der Waals surface area contributed by atoms with Crippen LogP contribution in [-0.4, -0.2) is 39.6 Å². The minimum atomic E-state index is -0.0515. The lowest BCUT2D eigenvalue weighted by Crippen LogP contribution is -2.29. The van der Waals surface area contributed by atoms with Gasteiger partial charge in [0.1, 0.15) is 18.2 Å². The molecule has 1 amide bonds. The minimum Gasteiger partial charge on any atom is -0.492 e. The summed E-state index contributed by atoms with van der Waals surface area (Å²) >= 11 is 1.39. The van der Waals surface area contributed by atoms with Crippen molar-refractivity contribution in [2.45, 2.75) is 25.5 Å². The van der Waals surface area contributed by atoms with Crippen LogP contribution in [0.2, 0.25) is 0 Å². The van der Waals surface area contributed by atoms with Crippen molar-refractivity contribution in [3.05, 3.63) is 71.5 Å². The van der Waals surface area contributed by atoms with Crippen molar-refractivity contribution in [3.63, 3.8) is 0 Å². The zero-order chi connectivity index (χ0) is 19.8. The van der Waals surface area contributed by atoms with Crippen LogP contribution in [-0.2, 0) is 11.3 Å². The predicted molar refractivity (Wildman–Crippen MR) is 111 cm³/mol. The molecule has 0 radical (unpaired) electrons. The van der Waals surface area contributed by atoms with Gasteiger partial charge in [-0.25, -0.2) is 0 Å². The van der Waals surface area contributed by atoms with Gasteiger partial charge in [0, 0.05) is 0 Å². The van der Waals surface area contributed by atoms with Crippen molar-refractivity contribution in [3.8, 4) is 5.75 Å². The fourth-order valence-corrected chi connectivity index (χ4v) is 3.40. The van der Waals surface area contributed by atoms with Gasteiger partial charge in [0.05, 0.1) is 18.8 Å². The van der Waals surface area contributed by atoms with E-state index in [-0.39, 0.29) is 11.7 Å². The molecule has 0 aliphatic rings. The number of hydrogen-bond acceptors (Lipinski definition) is 5. The number of aromatic nitrogens is 3. The Morgan fingerprint density at radius 3 is 2.57 bits per heavy atom. The van der Waals surface area contributed by atoms with Crippen LogP contribution in [0, 0.1) is 13.8 Å². The summed E-state index contributed by atoms with van der Waals surface area (Å²) in [6, 6.07) is 18.0. The molecule has 0 saturated carbocycles. The topological polar surface area (TPSA) is 69.0 Å². The lowest BCUT2D eigenvalue weighted by Gasteiger charge is -2.09. The number of carbonyl (C=O) groups excluding carboxylic acids is 1. The average molecular weight is 397 g/mol. The number of thioether (sulfide) groups is 1. The molecule has 3 rings (SSSR count).